The van der Waals surface area contributed by atoms with Gasteiger partial charge in [-0.2, -0.15) is 0 Å². The first kappa shape index (κ1) is 33.0. The van der Waals surface area contributed by atoms with Crippen LogP contribution < -0.4 is 0 Å². The minimum atomic E-state index is -0.606. The smallest absolute Gasteiger partial charge is 0.309 e. The predicted molar refractivity (Wildman–Crippen MR) is 179 cm³/mol. The van der Waals surface area contributed by atoms with Gasteiger partial charge in [-0.15, -0.1) is 0 Å². The van der Waals surface area contributed by atoms with Crippen LogP contribution in [-0.2, 0) is 21.4 Å². The lowest BCUT2D eigenvalue weighted by Crippen LogP contribution is -2.53. The normalized spacial score (nSPS) is 37.7. The number of allylic oxidation sites excluding steroid dienone is 4. The molecule has 1 aromatic carbocycles. The molecule has 0 aromatic heterocycles. The Labute approximate surface area is 266 Å². The maximum atomic E-state index is 11.9. The Morgan fingerprint density at radius 3 is 2.05 bits per heavy atom. The Kier molecular flexibility index (Phi) is 8.84. The first-order chi connectivity index (χ1) is 20.6. The van der Waals surface area contributed by atoms with Crippen molar-refractivity contribution in [2.45, 2.75) is 137 Å². The van der Waals surface area contributed by atoms with Crippen LogP contribution in [0.2, 0.25) is 0 Å². The van der Waals surface area contributed by atoms with Gasteiger partial charge in [-0.3, -0.25) is 9.59 Å². The summed E-state index contributed by atoms with van der Waals surface area (Å²) in [6.45, 7) is 17.7. The van der Waals surface area contributed by atoms with Gasteiger partial charge in [-0.1, -0.05) is 90.3 Å². The molecule has 5 aliphatic carbocycles. The van der Waals surface area contributed by atoms with E-state index in [1.54, 1.807) is 5.57 Å². The molecular weight excluding hydrogens is 544 g/mol. The number of carboxylic acids is 2. The summed E-state index contributed by atoms with van der Waals surface area (Å²) in [6.07, 6.45) is 16.2. The van der Waals surface area contributed by atoms with Gasteiger partial charge in [0.25, 0.3) is 0 Å². The third-order valence-electron chi connectivity index (χ3n) is 13.6. The van der Waals surface area contributed by atoms with Crippen molar-refractivity contribution in [2.24, 2.45) is 39.9 Å². The zero-order valence-corrected chi connectivity index (χ0v) is 28.8. The number of carboxylic acid groups (broad SMARTS) is 2. The molecule has 6 rings (SSSR count). The van der Waals surface area contributed by atoms with Crippen LogP contribution in [0.15, 0.2) is 41.5 Å². The summed E-state index contributed by atoms with van der Waals surface area (Å²) in [5, 5.41) is 19.6. The molecule has 44 heavy (non-hydrogen) atoms. The van der Waals surface area contributed by atoms with Crippen molar-refractivity contribution in [3.8, 4) is 0 Å². The highest BCUT2D eigenvalue weighted by molar-refractivity contribution is 5.76. The monoisotopic (exact) mass is 602 g/mol. The second kappa shape index (κ2) is 11.8. The van der Waals surface area contributed by atoms with Crippen LogP contribution in [0, 0.1) is 39.9 Å². The van der Waals surface area contributed by atoms with Gasteiger partial charge in [0.15, 0.2) is 0 Å². The van der Waals surface area contributed by atoms with Gasteiger partial charge in [-0.25, -0.2) is 0 Å². The van der Waals surface area contributed by atoms with Gasteiger partial charge >= 0.3 is 11.9 Å². The fourth-order valence-electron chi connectivity index (χ4n) is 10.7. The highest BCUT2D eigenvalue weighted by Gasteiger charge is 2.57. The van der Waals surface area contributed by atoms with Gasteiger partial charge in [0.2, 0.25) is 0 Å². The van der Waals surface area contributed by atoms with E-state index in [0.29, 0.717) is 17.8 Å². The van der Waals surface area contributed by atoms with Crippen LogP contribution in [0.3, 0.4) is 0 Å². The SMILES string of the molecule is CC(C)C1=CC2=CCC3[C@](C)(C(=O)O)CCC[C@]3(C)[C@H]2CC1.CC(C)c1ccc2c(c1)CC[C@H]1[C@@](C)(C(=O)O)CCC[C@]21C. The van der Waals surface area contributed by atoms with E-state index < -0.39 is 22.8 Å². The Bertz CT molecular complexity index is 1350. The molecule has 242 valence electrons. The molecule has 7 atom stereocenters. The maximum absolute atomic E-state index is 11.9. The molecule has 4 nitrogen and oxygen atoms in total. The van der Waals surface area contributed by atoms with Crippen molar-refractivity contribution in [3.63, 3.8) is 0 Å². The van der Waals surface area contributed by atoms with Gasteiger partial charge in [0.05, 0.1) is 10.8 Å². The molecule has 5 aliphatic rings. The van der Waals surface area contributed by atoms with Crippen molar-refractivity contribution in [2.75, 3.05) is 0 Å². The lowest BCUT2D eigenvalue weighted by molar-refractivity contribution is -0.162. The molecule has 2 saturated carbocycles. The lowest BCUT2D eigenvalue weighted by Gasteiger charge is -2.57. The number of hydrogen-bond donors (Lipinski definition) is 2. The first-order valence-electron chi connectivity index (χ1n) is 17.6. The number of aryl methyl sites for hydroxylation is 1. The highest BCUT2D eigenvalue weighted by Crippen LogP contribution is 2.62. The second-order valence-electron chi connectivity index (χ2n) is 16.7. The first-order valence-corrected chi connectivity index (χ1v) is 17.6. The molecule has 0 radical (unpaired) electrons. The lowest BCUT2D eigenvalue weighted by atomic mass is 9.47. The van der Waals surface area contributed by atoms with Crippen molar-refractivity contribution >= 4 is 11.9 Å². The van der Waals surface area contributed by atoms with E-state index in [1.807, 2.05) is 13.8 Å². The fraction of sp³-hybridized carbons (Fsp3) is 0.700. The fourth-order valence-corrected chi connectivity index (χ4v) is 10.7. The zero-order chi connectivity index (χ0) is 32.2. The van der Waals surface area contributed by atoms with Crippen molar-refractivity contribution in [1.82, 2.24) is 0 Å². The van der Waals surface area contributed by atoms with Gasteiger partial charge in [-0.05, 0) is 134 Å². The van der Waals surface area contributed by atoms with E-state index in [4.69, 9.17) is 0 Å². The molecule has 1 unspecified atom stereocenters. The van der Waals surface area contributed by atoms with E-state index in [-0.39, 0.29) is 22.7 Å². The quantitative estimate of drug-likeness (QED) is 0.360. The van der Waals surface area contributed by atoms with Gasteiger partial charge in [0.1, 0.15) is 0 Å². The van der Waals surface area contributed by atoms with Crippen molar-refractivity contribution < 1.29 is 19.8 Å². The summed E-state index contributed by atoms with van der Waals surface area (Å²) in [4.78, 5) is 23.9. The van der Waals surface area contributed by atoms with Gasteiger partial charge in [0, 0.05) is 0 Å². The highest BCUT2D eigenvalue weighted by atomic mass is 16.4. The Morgan fingerprint density at radius 2 is 1.43 bits per heavy atom. The molecule has 0 amide bonds. The maximum Gasteiger partial charge on any atom is 0.309 e. The predicted octanol–water partition coefficient (Wildman–Crippen LogP) is 10.1. The summed E-state index contributed by atoms with van der Waals surface area (Å²) in [5.41, 5.74) is 6.42. The van der Waals surface area contributed by atoms with Gasteiger partial charge < -0.3 is 10.2 Å². The number of carbonyl (C=O) groups is 2. The zero-order valence-electron chi connectivity index (χ0n) is 28.8. The summed E-state index contributed by atoms with van der Waals surface area (Å²) in [7, 11) is 0. The summed E-state index contributed by atoms with van der Waals surface area (Å²) >= 11 is 0. The Hall–Kier alpha value is -2.36. The molecule has 0 heterocycles. The average molecular weight is 603 g/mol. The number of benzene rings is 1. The minimum absolute atomic E-state index is 0.0223. The molecular formula is C40H58O4. The Balaban J connectivity index is 0.000000175. The molecule has 0 bridgehead atoms. The largest absolute Gasteiger partial charge is 0.481 e. The van der Waals surface area contributed by atoms with E-state index in [1.165, 1.54) is 41.5 Å². The van der Waals surface area contributed by atoms with Crippen LogP contribution in [-0.4, -0.2) is 22.2 Å². The molecule has 0 spiro atoms. The van der Waals surface area contributed by atoms with Crippen LogP contribution in [0.5, 0.6) is 0 Å². The number of aliphatic carboxylic acids is 2. The molecule has 0 aliphatic heterocycles. The number of rotatable bonds is 4. The number of hydrogen-bond acceptors (Lipinski definition) is 2. The summed E-state index contributed by atoms with van der Waals surface area (Å²) in [5.74, 6) is 1.08. The van der Waals surface area contributed by atoms with Crippen molar-refractivity contribution in [1.29, 1.82) is 0 Å². The van der Waals surface area contributed by atoms with E-state index >= 15 is 0 Å². The van der Waals surface area contributed by atoms with Crippen molar-refractivity contribution in [3.05, 3.63) is 58.2 Å². The van der Waals surface area contributed by atoms with Crippen LogP contribution >= 0.6 is 0 Å². The second-order valence-corrected chi connectivity index (χ2v) is 16.7. The minimum Gasteiger partial charge on any atom is -0.481 e. The average Bonchev–Trinajstić information content (AvgIpc) is 2.96. The van der Waals surface area contributed by atoms with E-state index in [0.717, 1.165) is 51.4 Å². The van der Waals surface area contributed by atoms with E-state index in [9.17, 15) is 19.8 Å². The van der Waals surface area contributed by atoms with Crippen LogP contribution in [0.25, 0.3) is 0 Å². The van der Waals surface area contributed by atoms with Crippen LogP contribution in [0.4, 0.5) is 0 Å². The molecule has 4 heteroatoms. The molecule has 1 aromatic rings. The molecule has 2 fully saturated rings. The Morgan fingerprint density at radius 1 is 0.795 bits per heavy atom. The molecule has 2 N–H and O–H groups in total. The van der Waals surface area contributed by atoms with E-state index in [2.05, 4.69) is 71.9 Å². The molecule has 0 saturated heterocycles. The topological polar surface area (TPSA) is 74.6 Å². The van der Waals surface area contributed by atoms with Crippen LogP contribution in [0.1, 0.15) is 142 Å². The number of fused-ring (bicyclic) bond motifs is 6. The standard InChI is InChI=1S/C20H30O2.C20H28O2/c2*1-13(2)14-6-8-16-15(12-14)7-9-17-19(16,3)10-5-11-20(17,4)18(21)22/h7,12-13,16-17H,5-6,8-11H2,1-4H3,(H,21,22);6,8,12-13,17H,5,7,9-11H2,1-4H3,(H,21,22)/t16-,17?,19+,20+;17-,19-,20+/m01/s1. The third kappa shape index (κ3) is 5.30. The summed E-state index contributed by atoms with van der Waals surface area (Å²) in [6, 6.07) is 6.92. The third-order valence-corrected chi connectivity index (χ3v) is 13.6. The summed E-state index contributed by atoms with van der Waals surface area (Å²) < 4.78 is 0.